The van der Waals surface area contributed by atoms with Crippen LogP contribution in [-0.2, 0) is 0 Å². The van der Waals surface area contributed by atoms with Crippen LogP contribution >= 0.6 is 0 Å². The molecule has 2 amide bonds. The van der Waals surface area contributed by atoms with Gasteiger partial charge in [0, 0.05) is 25.2 Å². The average molecular weight is 302 g/mol. The van der Waals surface area contributed by atoms with Gasteiger partial charge in [-0.1, -0.05) is 12.1 Å². The molecular weight excluding hydrogens is 287 g/mol. The number of halogens is 1. The lowest BCUT2D eigenvalue weighted by Crippen LogP contribution is -2.34. The maximum absolute atomic E-state index is 13.5. The quantitative estimate of drug-likeness (QED) is 0.944. The van der Waals surface area contributed by atoms with Crippen molar-refractivity contribution >= 4 is 11.7 Å². The molecule has 0 saturated carbocycles. The molecule has 1 fully saturated rings. The number of nitrogens with zero attached hydrogens (tertiary/aromatic N) is 3. The SMILES string of the molecule is O=C(Nc1ccccc1F)N1CCC(Oc2cccnn2)C1. The Morgan fingerprint density at radius 3 is 2.95 bits per heavy atom. The topological polar surface area (TPSA) is 67.4 Å². The van der Waals surface area contributed by atoms with Crippen molar-refractivity contribution < 1.29 is 13.9 Å². The molecule has 2 aromatic rings. The van der Waals surface area contributed by atoms with E-state index in [1.165, 1.54) is 12.1 Å². The van der Waals surface area contributed by atoms with Crippen molar-refractivity contribution in [2.75, 3.05) is 18.4 Å². The van der Waals surface area contributed by atoms with Crippen LogP contribution in [0.25, 0.3) is 0 Å². The second kappa shape index (κ2) is 6.38. The van der Waals surface area contributed by atoms with Gasteiger partial charge in [-0.2, -0.15) is 5.10 Å². The van der Waals surface area contributed by atoms with Gasteiger partial charge in [0.25, 0.3) is 0 Å². The zero-order valence-electron chi connectivity index (χ0n) is 11.8. The number of urea groups is 1. The number of para-hydroxylation sites is 1. The summed E-state index contributed by atoms with van der Waals surface area (Å²) in [6, 6.07) is 9.19. The maximum atomic E-state index is 13.5. The second-order valence-electron chi connectivity index (χ2n) is 4.95. The van der Waals surface area contributed by atoms with Gasteiger partial charge in [0.2, 0.25) is 5.88 Å². The monoisotopic (exact) mass is 302 g/mol. The van der Waals surface area contributed by atoms with E-state index in [9.17, 15) is 9.18 Å². The Morgan fingerprint density at radius 1 is 1.32 bits per heavy atom. The summed E-state index contributed by atoms with van der Waals surface area (Å²) in [7, 11) is 0. The Labute approximate surface area is 126 Å². The Hall–Kier alpha value is -2.70. The van der Waals surface area contributed by atoms with Crippen LogP contribution < -0.4 is 10.1 Å². The zero-order chi connectivity index (χ0) is 15.4. The first-order valence-electron chi connectivity index (χ1n) is 6.97. The van der Waals surface area contributed by atoms with Crippen molar-refractivity contribution in [3.63, 3.8) is 0 Å². The number of carbonyl (C=O) groups excluding carboxylic acids is 1. The molecule has 2 heterocycles. The highest BCUT2D eigenvalue weighted by atomic mass is 19.1. The number of hydrogen-bond donors (Lipinski definition) is 1. The fraction of sp³-hybridized carbons (Fsp3) is 0.267. The lowest BCUT2D eigenvalue weighted by molar-refractivity contribution is 0.188. The molecular formula is C15H15FN4O2. The molecule has 0 aliphatic carbocycles. The van der Waals surface area contributed by atoms with Crippen LogP contribution in [0.3, 0.4) is 0 Å². The first-order chi connectivity index (χ1) is 10.7. The minimum absolute atomic E-state index is 0.136. The Bertz CT molecular complexity index is 653. The van der Waals surface area contributed by atoms with Crippen LogP contribution in [0.1, 0.15) is 6.42 Å². The molecule has 0 radical (unpaired) electrons. The maximum Gasteiger partial charge on any atom is 0.322 e. The third-order valence-corrected chi connectivity index (χ3v) is 3.38. The van der Waals surface area contributed by atoms with Crippen LogP contribution in [0.2, 0.25) is 0 Å². The highest BCUT2D eigenvalue weighted by molar-refractivity contribution is 5.89. The Morgan fingerprint density at radius 2 is 2.18 bits per heavy atom. The highest BCUT2D eigenvalue weighted by Gasteiger charge is 2.28. The van der Waals surface area contributed by atoms with Crippen LogP contribution in [0, 0.1) is 5.82 Å². The van der Waals surface area contributed by atoms with Crippen molar-refractivity contribution in [3.8, 4) is 5.88 Å². The van der Waals surface area contributed by atoms with Gasteiger partial charge in [-0.25, -0.2) is 9.18 Å². The van der Waals surface area contributed by atoms with Crippen molar-refractivity contribution in [1.29, 1.82) is 0 Å². The van der Waals surface area contributed by atoms with Gasteiger partial charge in [-0.15, -0.1) is 5.10 Å². The Balaban J connectivity index is 1.56. The molecule has 0 spiro atoms. The van der Waals surface area contributed by atoms with Gasteiger partial charge in [0.15, 0.2) is 0 Å². The lowest BCUT2D eigenvalue weighted by Gasteiger charge is -2.17. The van der Waals surface area contributed by atoms with Crippen LogP contribution in [0.4, 0.5) is 14.9 Å². The van der Waals surface area contributed by atoms with E-state index in [1.54, 1.807) is 35.4 Å². The fourth-order valence-corrected chi connectivity index (χ4v) is 2.29. The number of benzene rings is 1. The van der Waals surface area contributed by atoms with E-state index < -0.39 is 5.82 Å². The summed E-state index contributed by atoms with van der Waals surface area (Å²) in [5, 5.41) is 10.2. The average Bonchev–Trinajstić information content (AvgIpc) is 2.99. The third kappa shape index (κ3) is 3.30. The number of amides is 2. The summed E-state index contributed by atoms with van der Waals surface area (Å²) < 4.78 is 19.2. The first kappa shape index (κ1) is 14.2. The fourth-order valence-electron chi connectivity index (χ4n) is 2.29. The van der Waals surface area contributed by atoms with E-state index in [4.69, 9.17) is 4.74 Å². The Kier molecular flexibility index (Phi) is 4.13. The predicted octanol–water partition coefficient (Wildman–Crippen LogP) is 2.30. The van der Waals surface area contributed by atoms with Crippen molar-refractivity contribution in [2.24, 2.45) is 0 Å². The van der Waals surface area contributed by atoms with E-state index in [2.05, 4.69) is 15.5 Å². The van der Waals surface area contributed by atoms with Crippen molar-refractivity contribution in [1.82, 2.24) is 15.1 Å². The molecule has 1 unspecified atom stereocenters. The van der Waals surface area contributed by atoms with Gasteiger partial charge >= 0.3 is 6.03 Å². The molecule has 1 atom stereocenters. The molecule has 1 aromatic heterocycles. The van der Waals surface area contributed by atoms with Crippen molar-refractivity contribution in [2.45, 2.75) is 12.5 Å². The highest BCUT2D eigenvalue weighted by Crippen LogP contribution is 2.18. The number of aromatic nitrogens is 2. The minimum atomic E-state index is -0.456. The molecule has 1 aliphatic heterocycles. The summed E-state index contributed by atoms with van der Waals surface area (Å²) in [5.41, 5.74) is 0.172. The molecule has 0 bridgehead atoms. The molecule has 1 saturated heterocycles. The van der Waals surface area contributed by atoms with E-state index >= 15 is 0 Å². The number of anilines is 1. The summed E-state index contributed by atoms with van der Waals surface area (Å²) >= 11 is 0. The zero-order valence-corrected chi connectivity index (χ0v) is 11.8. The molecule has 3 rings (SSSR count). The summed E-state index contributed by atoms with van der Waals surface area (Å²) in [5.74, 6) is -0.0220. The largest absolute Gasteiger partial charge is 0.471 e. The number of hydrogen-bond acceptors (Lipinski definition) is 4. The number of rotatable bonds is 3. The summed E-state index contributed by atoms with van der Waals surface area (Å²) in [4.78, 5) is 13.7. The van der Waals surface area contributed by atoms with Gasteiger partial charge in [0.1, 0.15) is 11.9 Å². The van der Waals surface area contributed by atoms with E-state index in [0.29, 0.717) is 25.4 Å². The van der Waals surface area contributed by atoms with Gasteiger partial charge in [-0.05, 0) is 18.2 Å². The van der Waals surface area contributed by atoms with Crippen LogP contribution in [0.5, 0.6) is 5.88 Å². The van der Waals surface area contributed by atoms with E-state index in [0.717, 1.165) is 0 Å². The van der Waals surface area contributed by atoms with Crippen LogP contribution in [0.15, 0.2) is 42.6 Å². The van der Waals surface area contributed by atoms with Gasteiger partial charge in [0.05, 0.1) is 12.2 Å². The summed E-state index contributed by atoms with van der Waals surface area (Å²) in [6.45, 7) is 0.974. The molecule has 22 heavy (non-hydrogen) atoms. The molecule has 6 nitrogen and oxygen atoms in total. The molecule has 1 aromatic carbocycles. The standard InChI is InChI=1S/C15H15FN4O2/c16-12-4-1-2-5-13(12)18-15(21)20-9-7-11(10-20)22-14-6-3-8-17-19-14/h1-6,8,11H,7,9-10H2,(H,18,21). The lowest BCUT2D eigenvalue weighted by atomic mass is 10.3. The molecule has 1 aliphatic rings. The number of carbonyl (C=O) groups is 1. The van der Waals surface area contributed by atoms with E-state index in [-0.39, 0.29) is 17.8 Å². The second-order valence-corrected chi connectivity index (χ2v) is 4.95. The number of likely N-dealkylation sites (tertiary alicyclic amines) is 1. The van der Waals surface area contributed by atoms with Gasteiger partial charge < -0.3 is 15.0 Å². The first-order valence-corrected chi connectivity index (χ1v) is 6.97. The normalized spacial score (nSPS) is 17.3. The van der Waals surface area contributed by atoms with Crippen LogP contribution in [-0.4, -0.2) is 40.3 Å². The van der Waals surface area contributed by atoms with Gasteiger partial charge in [-0.3, -0.25) is 0 Å². The minimum Gasteiger partial charge on any atom is -0.471 e. The molecule has 1 N–H and O–H groups in total. The number of nitrogens with one attached hydrogen (secondary N) is 1. The van der Waals surface area contributed by atoms with Crippen molar-refractivity contribution in [3.05, 3.63) is 48.4 Å². The predicted molar refractivity (Wildman–Crippen MR) is 78.1 cm³/mol. The third-order valence-electron chi connectivity index (χ3n) is 3.38. The number of ether oxygens (including phenoxy) is 1. The smallest absolute Gasteiger partial charge is 0.322 e. The summed E-state index contributed by atoms with van der Waals surface area (Å²) in [6.07, 6.45) is 2.12. The molecule has 7 heteroatoms. The molecule has 114 valence electrons. The van der Waals surface area contributed by atoms with E-state index in [1.807, 2.05) is 0 Å².